The van der Waals surface area contributed by atoms with Gasteiger partial charge in [0, 0.05) is 23.1 Å². The molecule has 2 aromatic carbocycles. The lowest BCUT2D eigenvalue weighted by atomic mass is 10.1. The minimum absolute atomic E-state index is 0.0245. The number of ether oxygens (including phenoxy) is 1. The molecule has 1 aliphatic rings. The summed E-state index contributed by atoms with van der Waals surface area (Å²) in [5.74, 6) is -1.85. The number of hydrogen-bond acceptors (Lipinski definition) is 4. The van der Waals surface area contributed by atoms with Crippen LogP contribution in [0.25, 0.3) is 0 Å². The SMILES string of the molecule is Cc1c(Br)ccc(NC(=O)COC(=O)[C@H]2CC(=O)N(c3ccccc3Cl)C2)c1C. The molecule has 1 heterocycles. The van der Waals surface area contributed by atoms with E-state index in [2.05, 4.69) is 21.2 Å². The number of carbonyl (C=O) groups is 3. The standard InChI is InChI=1S/C21H20BrClN2O4/c1-12-13(2)17(8-7-15(12)22)24-19(26)11-29-21(28)14-9-20(27)25(10-14)18-6-4-3-5-16(18)23/h3-8,14H,9-11H2,1-2H3,(H,24,26)/t14-/m0/s1. The van der Waals surface area contributed by atoms with Crippen LogP contribution in [0.1, 0.15) is 17.5 Å². The Labute approximate surface area is 182 Å². The fourth-order valence-electron chi connectivity index (χ4n) is 3.13. The molecule has 1 N–H and O–H groups in total. The first kappa shape index (κ1) is 21.3. The number of nitrogens with one attached hydrogen (secondary N) is 1. The Bertz CT molecular complexity index is 979. The summed E-state index contributed by atoms with van der Waals surface area (Å²) >= 11 is 9.59. The molecule has 0 radical (unpaired) electrons. The molecule has 0 bridgehead atoms. The Balaban J connectivity index is 1.56. The first-order chi connectivity index (χ1) is 13.8. The van der Waals surface area contributed by atoms with Crippen LogP contribution in [0.15, 0.2) is 40.9 Å². The smallest absolute Gasteiger partial charge is 0.311 e. The summed E-state index contributed by atoms with van der Waals surface area (Å²) in [6.45, 7) is 3.60. The monoisotopic (exact) mass is 478 g/mol. The molecule has 1 aliphatic heterocycles. The zero-order chi connectivity index (χ0) is 21.1. The summed E-state index contributed by atoms with van der Waals surface area (Å²) in [7, 11) is 0. The van der Waals surface area contributed by atoms with Crippen molar-refractivity contribution in [2.45, 2.75) is 20.3 Å². The van der Waals surface area contributed by atoms with Gasteiger partial charge in [-0.25, -0.2) is 0 Å². The Kier molecular flexibility index (Phi) is 6.59. The molecule has 3 rings (SSSR count). The number of esters is 1. The molecule has 1 saturated heterocycles. The van der Waals surface area contributed by atoms with Crippen molar-refractivity contribution in [3.8, 4) is 0 Å². The van der Waals surface area contributed by atoms with Gasteiger partial charge in [-0.3, -0.25) is 14.4 Å². The Morgan fingerprint density at radius 2 is 1.93 bits per heavy atom. The first-order valence-corrected chi connectivity index (χ1v) is 10.2. The maximum Gasteiger partial charge on any atom is 0.311 e. The second kappa shape index (κ2) is 8.97. The van der Waals surface area contributed by atoms with Gasteiger partial charge >= 0.3 is 5.97 Å². The van der Waals surface area contributed by atoms with E-state index in [4.69, 9.17) is 16.3 Å². The minimum atomic E-state index is -0.636. The van der Waals surface area contributed by atoms with E-state index in [1.165, 1.54) is 4.90 Å². The number of anilines is 2. The largest absolute Gasteiger partial charge is 0.455 e. The molecule has 2 aromatic rings. The van der Waals surface area contributed by atoms with Crippen molar-refractivity contribution in [1.82, 2.24) is 0 Å². The van der Waals surface area contributed by atoms with Gasteiger partial charge in [0.2, 0.25) is 5.91 Å². The van der Waals surface area contributed by atoms with Crippen molar-refractivity contribution in [3.63, 3.8) is 0 Å². The average Bonchev–Trinajstić information content (AvgIpc) is 3.08. The molecule has 152 valence electrons. The number of nitrogens with zero attached hydrogens (tertiary/aromatic N) is 1. The Morgan fingerprint density at radius 1 is 1.21 bits per heavy atom. The molecule has 0 saturated carbocycles. The second-order valence-electron chi connectivity index (χ2n) is 6.86. The lowest BCUT2D eigenvalue weighted by Gasteiger charge is -2.17. The average molecular weight is 480 g/mol. The van der Waals surface area contributed by atoms with Crippen molar-refractivity contribution in [2.75, 3.05) is 23.4 Å². The van der Waals surface area contributed by atoms with Crippen LogP contribution in [0, 0.1) is 19.8 Å². The number of hydrogen-bond donors (Lipinski definition) is 1. The van der Waals surface area contributed by atoms with E-state index in [-0.39, 0.29) is 18.9 Å². The van der Waals surface area contributed by atoms with E-state index in [1.807, 2.05) is 19.9 Å². The molecular formula is C21H20BrClN2O4. The lowest BCUT2D eigenvalue weighted by Crippen LogP contribution is -2.28. The predicted octanol–water partition coefficient (Wildman–Crippen LogP) is 4.25. The number of benzene rings is 2. The highest BCUT2D eigenvalue weighted by molar-refractivity contribution is 9.10. The summed E-state index contributed by atoms with van der Waals surface area (Å²) in [6, 6.07) is 10.6. The number of rotatable bonds is 5. The number of para-hydroxylation sites is 1. The highest BCUT2D eigenvalue weighted by Crippen LogP contribution is 2.31. The normalized spacial score (nSPS) is 16.1. The molecule has 8 heteroatoms. The number of halogens is 2. The fourth-order valence-corrected chi connectivity index (χ4v) is 3.80. The summed E-state index contributed by atoms with van der Waals surface area (Å²) in [6.07, 6.45) is 0.0245. The van der Waals surface area contributed by atoms with Crippen LogP contribution in [0.2, 0.25) is 5.02 Å². The van der Waals surface area contributed by atoms with E-state index in [1.54, 1.807) is 30.3 Å². The third-order valence-corrected chi connectivity index (χ3v) is 6.12. The van der Waals surface area contributed by atoms with Crippen LogP contribution in [-0.2, 0) is 19.1 Å². The maximum absolute atomic E-state index is 12.4. The van der Waals surface area contributed by atoms with Crippen LogP contribution in [0.3, 0.4) is 0 Å². The summed E-state index contributed by atoms with van der Waals surface area (Å²) in [5.41, 5.74) is 3.17. The van der Waals surface area contributed by atoms with Gasteiger partial charge in [-0.1, -0.05) is 39.7 Å². The zero-order valence-corrected chi connectivity index (χ0v) is 18.3. The van der Waals surface area contributed by atoms with Crippen LogP contribution in [0.4, 0.5) is 11.4 Å². The molecule has 0 spiro atoms. The molecular weight excluding hydrogens is 460 g/mol. The van der Waals surface area contributed by atoms with Gasteiger partial charge in [-0.15, -0.1) is 0 Å². The van der Waals surface area contributed by atoms with Crippen molar-refractivity contribution < 1.29 is 19.1 Å². The summed E-state index contributed by atoms with van der Waals surface area (Å²) in [4.78, 5) is 38.3. The maximum atomic E-state index is 12.4. The predicted molar refractivity (Wildman–Crippen MR) is 115 cm³/mol. The minimum Gasteiger partial charge on any atom is -0.455 e. The molecule has 0 aromatic heterocycles. The van der Waals surface area contributed by atoms with Crippen LogP contribution in [0.5, 0.6) is 0 Å². The van der Waals surface area contributed by atoms with E-state index in [9.17, 15) is 14.4 Å². The zero-order valence-electron chi connectivity index (χ0n) is 16.0. The van der Waals surface area contributed by atoms with Crippen molar-refractivity contribution in [2.24, 2.45) is 5.92 Å². The Morgan fingerprint density at radius 3 is 2.66 bits per heavy atom. The fraction of sp³-hybridized carbons (Fsp3) is 0.286. The van der Waals surface area contributed by atoms with E-state index < -0.39 is 24.4 Å². The third-order valence-electron chi connectivity index (χ3n) is 4.94. The Hall–Kier alpha value is -2.38. The summed E-state index contributed by atoms with van der Waals surface area (Å²) in [5, 5.41) is 3.18. The molecule has 2 amide bonds. The van der Waals surface area contributed by atoms with Crippen molar-refractivity contribution >= 4 is 56.7 Å². The van der Waals surface area contributed by atoms with Gasteiger partial charge in [0.15, 0.2) is 6.61 Å². The molecule has 1 fully saturated rings. The van der Waals surface area contributed by atoms with E-state index in [0.29, 0.717) is 16.4 Å². The topological polar surface area (TPSA) is 75.7 Å². The highest BCUT2D eigenvalue weighted by Gasteiger charge is 2.37. The van der Waals surface area contributed by atoms with Gasteiger partial charge in [0.25, 0.3) is 5.91 Å². The lowest BCUT2D eigenvalue weighted by molar-refractivity contribution is -0.151. The van der Waals surface area contributed by atoms with Gasteiger partial charge in [-0.05, 0) is 49.2 Å². The van der Waals surface area contributed by atoms with Gasteiger partial charge in [0.1, 0.15) is 0 Å². The van der Waals surface area contributed by atoms with Crippen LogP contribution >= 0.6 is 27.5 Å². The van der Waals surface area contributed by atoms with E-state index in [0.717, 1.165) is 15.6 Å². The van der Waals surface area contributed by atoms with Gasteiger partial charge < -0.3 is 15.0 Å². The first-order valence-electron chi connectivity index (χ1n) is 9.05. The second-order valence-corrected chi connectivity index (χ2v) is 8.12. The highest BCUT2D eigenvalue weighted by atomic mass is 79.9. The molecule has 6 nitrogen and oxygen atoms in total. The van der Waals surface area contributed by atoms with Gasteiger partial charge in [-0.2, -0.15) is 0 Å². The molecule has 0 aliphatic carbocycles. The molecule has 29 heavy (non-hydrogen) atoms. The van der Waals surface area contributed by atoms with Crippen molar-refractivity contribution in [3.05, 3.63) is 57.0 Å². The molecule has 0 unspecified atom stereocenters. The van der Waals surface area contributed by atoms with E-state index >= 15 is 0 Å². The number of amides is 2. The van der Waals surface area contributed by atoms with Crippen LogP contribution < -0.4 is 10.2 Å². The third kappa shape index (κ3) is 4.79. The molecule has 1 atom stereocenters. The number of carbonyl (C=O) groups excluding carboxylic acids is 3. The van der Waals surface area contributed by atoms with Gasteiger partial charge in [0.05, 0.1) is 16.6 Å². The van der Waals surface area contributed by atoms with Crippen LogP contribution in [-0.4, -0.2) is 30.9 Å². The quantitative estimate of drug-likeness (QED) is 0.651. The van der Waals surface area contributed by atoms with Crippen molar-refractivity contribution in [1.29, 1.82) is 0 Å². The summed E-state index contributed by atoms with van der Waals surface area (Å²) < 4.78 is 6.10.